The summed E-state index contributed by atoms with van der Waals surface area (Å²) in [5, 5.41) is 15.0. The van der Waals surface area contributed by atoms with Crippen LogP contribution in [0, 0.1) is 0 Å². The number of nitrogens with one attached hydrogen (secondary N) is 2. The van der Waals surface area contributed by atoms with Gasteiger partial charge in [0, 0.05) is 25.1 Å². The monoisotopic (exact) mass is 502 g/mol. The zero-order chi connectivity index (χ0) is 19.2. The van der Waals surface area contributed by atoms with Crippen LogP contribution in [0.3, 0.4) is 0 Å². The van der Waals surface area contributed by atoms with Gasteiger partial charge in [-0.3, -0.25) is 4.40 Å². The SMILES string of the molecule is CCNC(=NCc1ccccc1-n1ccnc1)NCc1nnc2ccccn12.I. The van der Waals surface area contributed by atoms with Gasteiger partial charge in [-0.2, -0.15) is 0 Å². The van der Waals surface area contributed by atoms with E-state index in [9.17, 15) is 0 Å². The van der Waals surface area contributed by atoms with Gasteiger partial charge in [0.15, 0.2) is 17.4 Å². The van der Waals surface area contributed by atoms with E-state index in [1.165, 1.54) is 0 Å². The summed E-state index contributed by atoms with van der Waals surface area (Å²) in [7, 11) is 0. The van der Waals surface area contributed by atoms with Crippen molar-refractivity contribution in [2.75, 3.05) is 6.54 Å². The predicted octanol–water partition coefficient (Wildman–Crippen LogP) is 2.79. The number of benzene rings is 1. The molecule has 3 heterocycles. The third-order valence-electron chi connectivity index (χ3n) is 4.32. The standard InChI is InChI=1S/C20H22N8.HI/c1-2-22-20(24-14-19-26-25-18-9-5-6-11-28(18)19)23-13-16-7-3-4-8-17(16)27-12-10-21-15-27;/h3-12,15H,2,13-14H2,1H3,(H2,22,23,24);1H. The maximum Gasteiger partial charge on any atom is 0.191 e. The van der Waals surface area contributed by atoms with Gasteiger partial charge in [0.05, 0.1) is 25.1 Å². The highest BCUT2D eigenvalue weighted by atomic mass is 127. The maximum absolute atomic E-state index is 4.74. The number of aromatic nitrogens is 5. The molecule has 0 unspecified atom stereocenters. The lowest BCUT2D eigenvalue weighted by Gasteiger charge is -2.12. The van der Waals surface area contributed by atoms with E-state index in [0.29, 0.717) is 13.1 Å². The summed E-state index contributed by atoms with van der Waals surface area (Å²) in [6, 6.07) is 14.0. The molecule has 0 aliphatic heterocycles. The van der Waals surface area contributed by atoms with Crippen LogP contribution < -0.4 is 10.6 Å². The van der Waals surface area contributed by atoms with E-state index in [0.717, 1.165) is 35.2 Å². The minimum atomic E-state index is 0. The van der Waals surface area contributed by atoms with Gasteiger partial charge in [-0.1, -0.05) is 24.3 Å². The van der Waals surface area contributed by atoms with Gasteiger partial charge in [-0.25, -0.2) is 9.98 Å². The number of para-hydroxylation sites is 1. The lowest BCUT2D eigenvalue weighted by atomic mass is 10.2. The Balaban J connectivity index is 0.00000240. The smallest absolute Gasteiger partial charge is 0.191 e. The molecule has 3 aromatic heterocycles. The Morgan fingerprint density at radius 2 is 1.90 bits per heavy atom. The highest BCUT2D eigenvalue weighted by molar-refractivity contribution is 14.0. The summed E-state index contributed by atoms with van der Waals surface area (Å²) in [5.41, 5.74) is 3.02. The van der Waals surface area contributed by atoms with Crippen molar-refractivity contribution in [2.24, 2.45) is 4.99 Å². The largest absolute Gasteiger partial charge is 0.357 e. The molecule has 0 bridgehead atoms. The molecule has 0 atom stereocenters. The molecule has 8 nitrogen and oxygen atoms in total. The predicted molar refractivity (Wildman–Crippen MR) is 124 cm³/mol. The van der Waals surface area contributed by atoms with Crippen molar-refractivity contribution in [3.05, 3.63) is 78.8 Å². The Bertz CT molecular complexity index is 1070. The Morgan fingerprint density at radius 1 is 1.03 bits per heavy atom. The first-order valence-electron chi connectivity index (χ1n) is 9.22. The molecule has 0 saturated heterocycles. The Kier molecular flexibility index (Phi) is 7.17. The van der Waals surface area contributed by atoms with Gasteiger partial charge in [0.1, 0.15) is 0 Å². The molecule has 0 saturated carbocycles. The van der Waals surface area contributed by atoms with Gasteiger partial charge in [-0.05, 0) is 30.7 Å². The van der Waals surface area contributed by atoms with Crippen molar-refractivity contribution in [1.82, 2.24) is 34.8 Å². The fourth-order valence-electron chi connectivity index (χ4n) is 2.98. The molecule has 0 aliphatic rings. The number of aliphatic imine (C=N–C) groups is 1. The van der Waals surface area contributed by atoms with Crippen molar-refractivity contribution < 1.29 is 0 Å². The summed E-state index contributed by atoms with van der Waals surface area (Å²) >= 11 is 0. The molecule has 4 rings (SSSR count). The van der Waals surface area contributed by atoms with Crippen molar-refractivity contribution in [3.8, 4) is 5.69 Å². The number of guanidine groups is 1. The number of nitrogens with zero attached hydrogens (tertiary/aromatic N) is 6. The van der Waals surface area contributed by atoms with Crippen LogP contribution in [0.2, 0.25) is 0 Å². The van der Waals surface area contributed by atoms with Crippen LogP contribution in [0.4, 0.5) is 0 Å². The van der Waals surface area contributed by atoms with Crippen LogP contribution in [0.25, 0.3) is 11.3 Å². The minimum absolute atomic E-state index is 0. The van der Waals surface area contributed by atoms with Crippen molar-refractivity contribution in [3.63, 3.8) is 0 Å². The second-order valence-corrected chi connectivity index (χ2v) is 6.19. The maximum atomic E-state index is 4.74. The average molecular weight is 502 g/mol. The molecule has 9 heteroatoms. The second-order valence-electron chi connectivity index (χ2n) is 6.19. The average Bonchev–Trinajstić information content (AvgIpc) is 3.40. The first kappa shape index (κ1) is 20.8. The van der Waals surface area contributed by atoms with Crippen molar-refractivity contribution in [1.29, 1.82) is 0 Å². The first-order valence-corrected chi connectivity index (χ1v) is 9.22. The quantitative estimate of drug-likeness (QED) is 0.241. The van der Waals surface area contributed by atoms with Crippen LogP contribution in [-0.4, -0.2) is 36.7 Å². The van der Waals surface area contributed by atoms with E-state index < -0.39 is 0 Å². The van der Waals surface area contributed by atoms with Crippen LogP contribution in [0.1, 0.15) is 18.3 Å². The van der Waals surface area contributed by atoms with E-state index >= 15 is 0 Å². The van der Waals surface area contributed by atoms with E-state index in [1.807, 2.05) is 58.6 Å². The first-order chi connectivity index (χ1) is 13.8. The van der Waals surface area contributed by atoms with Crippen molar-refractivity contribution in [2.45, 2.75) is 20.0 Å². The van der Waals surface area contributed by atoms with E-state index in [2.05, 4.69) is 37.9 Å². The number of halogens is 1. The zero-order valence-corrected chi connectivity index (χ0v) is 18.4. The number of pyridine rings is 1. The zero-order valence-electron chi connectivity index (χ0n) is 16.1. The van der Waals surface area contributed by atoms with Gasteiger partial charge in [-0.15, -0.1) is 34.2 Å². The Labute approximate surface area is 186 Å². The molecule has 29 heavy (non-hydrogen) atoms. The second kappa shape index (κ2) is 10.0. The number of hydrogen-bond donors (Lipinski definition) is 2. The number of hydrogen-bond acceptors (Lipinski definition) is 4. The van der Waals surface area contributed by atoms with Crippen LogP contribution in [-0.2, 0) is 13.1 Å². The summed E-state index contributed by atoms with van der Waals surface area (Å²) in [4.78, 5) is 8.87. The summed E-state index contributed by atoms with van der Waals surface area (Å²) < 4.78 is 3.96. The number of fused-ring (bicyclic) bond motifs is 1. The fourth-order valence-corrected chi connectivity index (χ4v) is 2.98. The van der Waals surface area contributed by atoms with Gasteiger partial charge in [0.2, 0.25) is 0 Å². The van der Waals surface area contributed by atoms with Crippen LogP contribution in [0.5, 0.6) is 0 Å². The number of imidazole rings is 1. The molecule has 0 aliphatic carbocycles. The van der Waals surface area contributed by atoms with Gasteiger partial charge in [0.25, 0.3) is 0 Å². The van der Waals surface area contributed by atoms with E-state index in [1.54, 1.807) is 12.5 Å². The van der Waals surface area contributed by atoms with Gasteiger partial charge < -0.3 is 15.2 Å². The molecule has 0 spiro atoms. The lowest BCUT2D eigenvalue weighted by molar-refractivity contribution is 0.765. The highest BCUT2D eigenvalue weighted by Gasteiger charge is 2.07. The summed E-state index contributed by atoms with van der Waals surface area (Å²) in [5.74, 6) is 1.57. The molecule has 0 amide bonds. The molecule has 2 N–H and O–H groups in total. The fraction of sp³-hybridized carbons (Fsp3) is 0.200. The summed E-state index contributed by atoms with van der Waals surface area (Å²) in [6.07, 6.45) is 7.46. The highest BCUT2D eigenvalue weighted by Crippen LogP contribution is 2.15. The normalized spacial score (nSPS) is 11.3. The van der Waals surface area contributed by atoms with Crippen molar-refractivity contribution >= 4 is 35.6 Å². The Morgan fingerprint density at radius 3 is 2.72 bits per heavy atom. The molecule has 4 aromatic rings. The number of rotatable bonds is 6. The molecule has 0 radical (unpaired) electrons. The summed E-state index contributed by atoms with van der Waals surface area (Å²) in [6.45, 7) is 3.89. The third-order valence-corrected chi connectivity index (χ3v) is 4.32. The Hall–Kier alpha value is -2.95. The third kappa shape index (κ3) is 4.91. The molecule has 150 valence electrons. The minimum Gasteiger partial charge on any atom is -0.357 e. The molecule has 0 fully saturated rings. The topological polar surface area (TPSA) is 84.4 Å². The lowest BCUT2D eigenvalue weighted by Crippen LogP contribution is -2.37. The van der Waals surface area contributed by atoms with E-state index in [-0.39, 0.29) is 24.0 Å². The van der Waals surface area contributed by atoms with Crippen LogP contribution in [0.15, 0.2) is 72.4 Å². The molecular formula is C20H23IN8. The van der Waals surface area contributed by atoms with Gasteiger partial charge >= 0.3 is 0 Å². The molecular weight excluding hydrogens is 479 g/mol. The van der Waals surface area contributed by atoms with Crippen LogP contribution >= 0.6 is 24.0 Å². The van der Waals surface area contributed by atoms with E-state index in [4.69, 9.17) is 4.99 Å². The molecule has 1 aromatic carbocycles.